The van der Waals surface area contributed by atoms with Crippen LogP contribution in [0.5, 0.6) is 5.88 Å². The smallest absolute Gasteiger partial charge is 0.410 e. The van der Waals surface area contributed by atoms with E-state index in [4.69, 9.17) is 26.8 Å². The van der Waals surface area contributed by atoms with Crippen molar-refractivity contribution in [2.24, 2.45) is 0 Å². The van der Waals surface area contributed by atoms with Crippen LogP contribution in [0.3, 0.4) is 0 Å². The number of ether oxygens (including phenoxy) is 2. The Balaban J connectivity index is 1.92. The lowest BCUT2D eigenvalue weighted by molar-refractivity contribution is 0.0275. The van der Waals surface area contributed by atoms with E-state index >= 15 is 0 Å². The van der Waals surface area contributed by atoms with Crippen LogP contribution in [0.1, 0.15) is 27.2 Å². The van der Waals surface area contributed by atoms with Gasteiger partial charge in [-0.2, -0.15) is 0 Å². The molecule has 1 saturated heterocycles. The normalized spacial score (nSPS) is 18.7. The average molecular weight is 314 g/mol. The van der Waals surface area contributed by atoms with Gasteiger partial charge in [-0.25, -0.2) is 9.78 Å². The van der Waals surface area contributed by atoms with Gasteiger partial charge in [0.1, 0.15) is 16.7 Å². The molecule has 0 aromatic carbocycles. The number of nitrogens with zero attached hydrogens (tertiary/aromatic N) is 2. The highest BCUT2D eigenvalue weighted by atomic mass is 35.5. The number of carbonyl (C=O) groups excluding carboxylic acids is 1. The zero-order valence-corrected chi connectivity index (χ0v) is 13.2. The van der Waals surface area contributed by atoms with E-state index in [1.807, 2.05) is 20.8 Å². The Labute approximate surface area is 129 Å². The monoisotopic (exact) mass is 313 g/mol. The van der Waals surface area contributed by atoms with Crippen LogP contribution in [0.15, 0.2) is 12.3 Å². The summed E-state index contributed by atoms with van der Waals surface area (Å²) < 4.78 is 11.1. The fraction of sp³-hybridized carbons (Fsp3) is 0.571. The van der Waals surface area contributed by atoms with E-state index in [0.29, 0.717) is 36.1 Å². The fourth-order valence-electron chi connectivity index (χ4n) is 2.00. The van der Waals surface area contributed by atoms with E-state index < -0.39 is 5.60 Å². The third kappa shape index (κ3) is 4.39. The predicted octanol–water partition coefficient (Wildman–Crippen LogP) is 2.71. The molecule has 2 rings (SSSR count). The highest BCUT2D eigenvalue weighted by molar-refractivity contribution is 6.32. The van der Waals surface area contributed by atoms with Crippen molar-refractivity contribution in [3.8, 4) is 5.88 Å². The van der Waals surface area contributed by atoms with Crippen molar-refractivity contribution in [1.29, 1.82) is 0 Å². The number of amides is 1. The first kappa shape index (κ1) is 15.7. The maximum atomic E-state index is 12.0. The number of halogens is 1. The van der Waals surface area contributed by atoms with Crippen LogP contribution >= 0.6 is 11.6 Å². The molecule has 1 amide bonds. The summed E-state index contributed by atoms with van der Waals surface area (Å²) in [7, 11) is 0. The van der Waals surface area contributed by atoms with Gasteiger partial charge in [-0.3, -0.25) is 0 Å². The van der Waals surface area contributed by atoms with E-state index in [0.717, 1.165) is 0 Å². The van der Waals surface area contributed by atoms with Crippen LogP contribution in [0.4, 0.5) is 10.5 Å². The Morgan fingerprint density at radius 1 is 1.52 bits per heavy atom. The molecule has 6 nitrogen and oxygen atoms in total. The van der Waals surface area contributed by atoms with Crippen LogP contribution in [0.2, 0.25) is 5.02 Å². The number of nitrogen functional groups attached to an aromatic ring is 1. The van der Waals surface area contributed by atoms with E-state index in [1.165, 1.54) is 6.20 Å². The van der Waals surface area contributed by atoms with Crippen molar-refractivity contribution in [3.63, 3.8) is 0 Å². The van der Waals surface area contributed by atoms with Crippen molar-refractivity contribution >= 4 is 23.4 Å². The molecule has 1 fully saturated rings. The molecule has 0 bridgehead atoms. The van der Waals surface area contributed by atoms with Crippen LogP contribution in [0, 0.1) is 0 Å². The molecule has 1 aliphatic rings. The number of likely N-dealkylation sites (tertiary alicyclic amines) is 1. The lowest BCUT2D eigenvalue weighted by atomic mass is 10.2. The van der Waals surface area contributed by atoms with Crippen molar-refractivity contribution in [3.05, 3.63) is 17.3 Å². The molecule has 2 N–H and O–H groups in total. The number of anilines is 1. The van der Waals surface area contributed by atoms with Crippen LogP contribution in [-0.4, -0.2) is 40.8 Å². The Morgan fingerprint density at radius 2 is 2.24 bits per heavy atom. The molecular formula is C14H20ClN3O3. The van der Waals surface area contributed by atoms with Gasteiger partial charge in [-0.05, 0) is 26.8 Å². The van der Waals surface area contributed by atoms with Gasteiger partial charge in [-0.1, -0.05) is 11.6 Å². The molecule has 1 aromatic rings. The highest BCUT2D eigenvalue weighted by Gasteiger charge is 2.31. The van der Waals surface area contributed by atoms with Crippen molar-refractivity contribution in [2.75, 3.05) is 18.8 Å². The van der Waals surface area contributed by atoms with Gasteiger partial charge in [0.25, 0.3) is 0 Å². The number of hydrogen-bond donors (Lipinski definition) is 1. The Bertz CT molecular complexity index is 531. The van der Waals surface area contributed by atoms with Gasteiger partial charge in [0.15, 0.2) is 0 Å². The number of nitrogens with two attached hydrogens (primary N) is 1. The summed E-state index contributed by atoms with van der Waals surface area (Å²) in [5.41, 5.74) is 5.56. The SMILES string of the molecule is CC(C)(C)OC(=O)N1CCC(Oc2ncc(N)cc2Cl)C1. The number of pyridine rings is 1. The Kier molecular flexibility index (Phi) is 4.46. The molecule has 1 aromatic heterocycles. The van der Waals surface area contributed by atoms with E-state index in [1.54, 1.807) is 11.0 Å². The molecule has 0 aliphatic carbocycles. The van der Waals surface area contributed by atoms with E-state index in [2.05, 4.69) is 4.98 Å². The third-order valence-electron chi connectivity index (χ3n) is 2.90. The maximum absolute atomic E-state index is 12.0. The molecular weight excluding hydrogens is 294 g/mol. The summed E-state index contributed by atoms with van der Waals surface area (Å²) in [5, 5.41) is 0.366. The van der Waals surface area contributed by atoms with Gasteiger partial charge in [0.05, 0.1) is 18.4 Å². The first-order chi connectivity index (χ1) is 9.74. The molecule has 21 heavy (non-hydrogen) atoms. The second-order valence-electron chi connectivity index (χ2n) is 6.01. The summed E-state index contributed by atoms with van der Waals surface area (Å²) in [6, 6.07) is 1.59. The summed E-state index contributed by atoms with van der Waals surface area (Å²) in [5.74, 6) is 0.335. The number of rotatable bonds is 2. The zero-order valence-electron chi connectivity index (χ0n) is 12.4. The topological polar surface area (TPSA) is 77.7 Å². The molecule has 0 spiro atoms. The third-order valence-corrected chi connectivity index (χ3v) is 3.17. The van der Waals surface area contributed by atoms with Crippen LogP contribution in [0.25, 0.3) is 0 Å². The summed E-state index contributed by atoms with van der Waals surface area (Å²) in [6.45, 7) is 6.57. The lowest BCUT2D eigenvalue weighted by Gasteiger charge is -2.24. The highest BCUT2D eigenvalue weighted by Crippen LogP contribution is 2.26. The molecule has 0 radical (unpaired) electrons. The first-order valence-electron chi connectivity index (χ1n) is 6.80. The van der Waals surface area contributed by atoms with Gasteiger partial charge < -0.3 is 20.1 Å². The van der Waals surface area contributed by atoms with Crippen molar-refractivity contribution in [2.45, 2.75) is 38.9 Å². The molecule has 0 saturated carbocycles. The van der Waals surface area contributed by atoms with Crippen LogP contribution < -0.4 is 10.5 Å². The second kappa shape index (κ2) is 5.97. The summed E-state index contributed by atoms with van der Waals surface area (Å²) in [6.07, 6.45) is 1.72. The minimum atomic E-state index is -0.502. The van der Waals surface area contributed by atoms with Gasteiger partial charge in [-0.15, -0.1) is 0 Å². The Morgan fingerprint density at radius 3 is 2.86 bits per heavy atom. The maximum Gasteiger partial charge on any atom is 0.410 e. The molecule has 1 unspecified atom stereocenters. The zero-order chi connectivity index (χ0) is 15.6. The average Bonchev–Trinajstić information content (AvgIpc) is 2.79. The molecule has 2 heterocycles. The quantitative estimate of drug-likeness (QED) is 0.908. The number of aromatic nitrogens is 1. The predicted molar refractivity (Wildman–Crippen MR) is 80.5 cm³/mol. The largest absolute Gasteiger partial charge is 0.471 e. The van der Waals surface area contributed by atoms with Gasteiger partial charge >= 0.3 is 6.09 Å². The van der Waals surface area contributed by atoms with Gasteiger partial charge in [0.2, 0.25) is 5.88 Å². The minimum Gasteiger partial charge on any atom is -0.471 e. The Hall–Kier alpha value is -1.69. The molecule has 1 atom stereocenters. The number of hydrogen-bond acceptors (Lipinski definition) is 5. The fourth-order valence-corrected chi connectivity index (χ4v) is 2.22. The molecule has 116 valence electrons. The van der Waals surface area contributed by atoms with E-state index in [9.17, 15) is 4.79 Å². The number of carbonyl (C=O) groups is 1. The summed E-state index contributed by atoms with van der Waals surface area (Å²) >= 11 is 6.02. The van der Waals surface area contributed by atoms with Crippen molar-refractivity contribution in [1.82, 2.24) is 9.88 Å². The van der Waals surface area contributed by atoms with E-state index in [-0.39, 0.29) is 12.2 Å². The summed E-state index contributed by atoms with van der Waals surface area (Å²) in [4.78, 5) is 17.6. The van der Waals surface area contributed by atoms with Crippen molar-refractivity contribution < 1.29 is 14.3 Å². The standard InChI is InChI=1S/C14H20ClN3O3/c1-14(2,3)21-13(19)18-5-4-10(8-18)20-12-11(15)6-9(16)7-17-12/h6-7,10H,4-5,8,16H2,1-3H3. The minimum absolute atomic E-state index is 0.147. The van der Waals surface area contributed by atoms with Crippen LogP contribution in [-0.2, 0) is 4.74 Å². The lowest BCUT2D eigenvalue weighted by Crippen LogP contribution is -2.36. The van der Waals surface area contributed by atoms with Gasteiger partial charge in [0, 0.05) is 13.0 Å². The molecule has 7 heteroatoms. The molecule has 1 aliphatic heterocycles. The second-order valence-corrected chi connectivity index (χ2v) is 6.42. The first-order valence-corrected chi connectivity index (χ1v) is 7.18.